The van der Waals surface area contributed by atoms with Gasteiger partial charge in [0.1, 0.15) is 0 Å². The predicted molar refractivity (Wildman–Crippen MR) is 80.4 cm³/mol. The summed E-state index contributed by atoms with van der Waals surface area (Å²) in [6.07, 6.45) is 7.91. The quantitative estimate of drug-likeness (QED) is 0.857. The lowest BCUT2D eigenvalue weighted by atomic mass is 9.94. The molecule has 1 aliphatic heterocycles. The molecule has 1 fully saturated rings. The molecule has 1 saturated heterocycles. The smallest absolute Gasteiger partial charge is 0.202 e. The number of nitrogens with one attached hydrogen (secondary N) is 1. The Labute approximate surface area is 117 Å². The van der Waals surface area contributed by atoms with E-state index in [9.17, 15) is 0 Å². The minimum atomic E-state index is 0.656. The van der Waals surface area contributed by atoms with E-state index in [0.717, 1.165) is 25.0 Å². The van der Waals surface area contributed by atoms with E-state index in [2.05, 4.69) is 46.9 Å². The molecule has 0 radical (unpaired) electrons. The topological polar surface area (TPSA) is 33.1 Å². The molecule has 0 bridgehead atoms. The van der Waals surface area contributed by atoms with Crippen LogP contribution in [0, 0.1) is 11.8 Å². The van der Waals surface area contributed by atoms with Crippen LogP contribution in [0.15, 0.2) is 12.4 Å². The summed E-state index contributed by atoms with van der Waals surface area (Å²) in [5, 5.41) is 3.50. The zero-order chi connectivity index (χ0) is 13.7. The van der Waals surface area contributed by atoms with E-state index >= 15 is 0 Å². The molecular formula is C15H28N4. The number of piperidine rings is 1. The number of hydrogen-bond donors (Lipinski definition) is 1. The second-order valence-corrected chi connectivity index (χ2v) is 6.26. The first kappa shape index (κ1) is 14.4. The molecule has 2 rings (SSSR count). The molecule has 19 heavy (non-hydrogen) atoms. The fourth-order valence-electron chi connectivity index (χ4n) is 2.76. The van der Waals surface area contributed by atoms with Crippen LogP contribution in [0.25, 0.3) is 0 Å². The summed E-state index contributed by atoms with van der Waals surface area (Å²) in [6.45, 7) is 9.07. The van der Waals surface area contributed by atoms with E-state index in [1.807, 2.05) is 6.20 Å². The first-order chi connectivity index (χ1) is 9.15. The van der Waals surface area contributed by atoms with Gasteiger partial charge in [0.15, 0.2) is 0 Å². The maximum Gasteiger partial charge on any atom is 0.202 e. The average Bonchev–Trinajstić information content (AvgIpc) is 2.78. The number of imidazole rings is 1. The lowest BCUT2D eigenvalue weighted by Crippen LogP contribution is -2.31. The molecule has 4 heteroatoms. The lowest BCUT2D eigenvalue weighted by molar-refractivity contribution is 0.215. The zero-order valence-electron chi connectivity index (χ0n) is 12.6. The molecule has 1 aliphatic rings. The van der Waals surface area contributed by atoms with E-state index in [-0.39, 0.29) is 0 Å². The molecule has 0 saturated carbocycles. The van der Waals surface area contributed by atoms with Gasteiger partial charge in [0, 0.05) is 25.5 Å². The summed E-state index contributed by atoms with van der Waals surface area (Å²) in [5.41, 5.74) is 0. The number of likely N-dealkylation sites (tertiary alicyclic amines) is 1. The summed E-state index contributed by atoms with van der Waals surface area (Å²) in [6, 6.07) is 0. The maximum atomic E-state index is 4.41. The molecule has 4 nitrogen and oxygen atoms in total. The highest BCUT2D eigenvalue weighted by molar-refractivity contribution is 5.25. The average molecular weight is 264 g/mol. The molecule has 0 unspecified atom stereocenters. The predicted octanol–water partition coefficient (Wildman–Crippen LogP) is 2.68. The summed E-state index contributed by atoms with van der Waals surface area (Å²) < 4.78 is 2.22. The van der Waals surface area contributed by atoms with Crippen LogP contribution in [0.3, 0.4) is 0 Å². The van der Waals surface area contributed by atoms with Crippen LogP contribution in [-0.2, 0) is 6.54 Å². The van der Waals surface area contributed by atoms with Crippen LogP contribution in [-0.4, -0.2) is 41.1 Å². The SMILES string of the molecule is CC(C)Cn1ccnc1NCCC1CCN(C)CC1. The molecule has 1 aromatic rings. The van der Waals surface area contributed by atoms with Crippen LogP contribution >= 0.6 is 0 Å². The van der Waals surface area contributed by atoms with E-state index in [4.69, 9.17) is 0 Å². The van der Waals surface area contributed by atoms with Crippen LogP contribution in [0.4, 0.5) is 5.95 Å². The van der Waals surface area contributed by atoms with Crippen molar-refractivity contribution >= 4 is 5.95 Å². The summed E-state index contributed by atoms with van der Waals surface area (Å²) in [7, 11) is 2.22. The van der Waals surface area contributed by atoms with Crippen molar-refractivity contribution in [2.75, 3.05) is 32.0 Å². The normalized spacial score (nSPS) is 18.1. The molecule has 0 amide bonds. The molecule has 0 atom stereocenters. The minimum Gasteiger partial charge on any atom is -0.356 e. The Bertz CT molecular complexity index is 364. The van der Waals surface area contributed by atoms with Gasteiger partial charge in [-0.05, 0) is 51.2 Å². The Morgan fingerprint density at radius 1 is 1.37 bits per heavy atom. The zero-order valence-corrected chi connectivity index (χ0v) is 12.6. The molecular weight excluding hydrogens is 236 g/mol. The van der Waals surface area contributed by atoms with Crippen molar-refractivity contribution in [3.05, 3.63) is 12.4 Å². The van der Waals surface area contributed by atoms with Crippen LogP contribution < -0.4 is 5.32 Å². The minimum absolute atomic E-state index is 0.656. The fourth-order valence-corrected chi connectivity index (χ4v) is 2.76. The van der Waals surface area contributed by atoms with Crippen molar-refractivity contribution in [1.29, 1.82) is 0 Å². The van der Waals surface area contributed by atoms with Gasteiger partial charge in [-0.15, -0.1) is 0 Å². The monoisotopic (exact) mass is 264 g/mol. The first-order valence-electron chi connectivity index (χ1n) is 7.58. The van der Waals surface area contributed by atoms with Crippen LogP contribution in [0.5, 0.6) is 0 Å². The molecule has 0 aromatic carbocycles. The summed E-state index contributed by atoms with van der Waals surface area (Å²) >= 11 is 0. The van der Waals surface area contributed by atoms with Crippen molar-refractivity contribution in [1.82, 2.24) is 14.5 Å². The van der Waals surface area contributed by atoms with Gasteiger partial charge < -0.3 is 14.8 Å². The van der Waals surface area contributed by atoms with Gasteiger partial charge in [0.05, 0.1) is 0 Å². The third-order valence-electron chi connectivity index (χ3n) is 3.95. The number of anilines is 1. The fraction of sp³-hybridized carbons (Fsp3) is 0.800. The Balaban J connectivity index is 1.72. The van der Waals surface area contributed by atoms with E-state index in [0.29, 0.717) is 5.92 Å². The Morgan fingerprint density at radius 2 is 2.11 bits per heavy atom. The highest BCUT2D eigenvalue weighted by Gasteiger charge is 2.16. The number of nitrogens with zero attached hydrogens (tertiary/aromatic N) is 3. The molecule has 1 N–H and O–H groups in total. The van der Waals surface area contributed by atoms with E-state index < -0.39 is 0 Å². The third-order valence-corrected chi connectivity index (χ3v) is 3.95. The van der Waals surface area contributed by atoms with Gasteiger partial charge in [0.25, 0.3) is 0 Å². The molecule has 0 aliphatic carbocycles. The van der Waals surface area contributed by atoms with Crippen molar-refractivity contribution in [3.8, 4) is 0 Å². The van der Waals surface area contributed by atoms with Crippen LogP contribution in [0.1, 0.15) is 33.1 Å². The number of aromatic nitrogens is 2. The second-order valence-electron chi connectivity index (χ2n) is 6.26. The molecule has 1 aromatic heterocycles. The van der Waals surface area contributed by atoms with Gasteiger partial charge in [-0.3, -0.25) is 0 Å². The van der Waals surface area contributed by atoms with E-state index in [1.165, 1.54) is 32.4 Å². The van der Waals surface area contributed by atoms with Crippen molar-refractivity contribution < 1.29 is 0 Å². The lowest BCUT2D eigenvalue weighted by Gasteiger charge is -2.28. The summed E-state index contributed by atoms with van der Waals surface area (Å²) in [5.74, 6) is 2.57. The highest BCUT2D eigenvalue weighted by Crippen LogP contribution is 2.19. The molecule has 108 valence electrons. The maximum absolute atomic E-state index is 4.41. The van der Waals surface area contributed by atoms with Crippen LogP contribution in [0.2, 0.25) is 0 Å². The van der Waals surface area contributed by atoms with E-state index in [1.54, 1.807) is 0 Å². The van der Waals surface area contributed by atoms with Gasteiger partial charge in [-0.25, -0.2) is 4.98 Å². The number of hydrogen-bond acceptors (Lipinski definition) is 3. The Morgan fingerprint density at radius 3 is 2.79 bits per heavy atom. The van der Waals surface area contributed by atoms with Gasteiger partial charge in [-0.1, -0.05) is 13.8 Å². The van der Waals surface area contributed by atoms with Crippen molar-refractivity contribution in [2.45, 2.75) is 39.7 Å². The Kier molecular flexibility index (Phi) is 5.25. The molecule has 2 heterocycles. The highest BCUT2D eigenvalue weighted by atomic mass is 15.2. The summed E-state index contributed by atoms with van der Waals surface area (Å²) in [4.78, 5) is 6.84. The number of rotatable bonds is 6. The molecule has 0 spiro atoms. The standard InChI is InChI=1S/C15H28N4/c1-13(2)12-19-11-8-17-15(19)16-7-4-14-5-9-18(3)10-6-14/h8,11,13-14H,4-7,9-10,12H2,1-3H3,(H,16,17). The van der Waals surface area contributed by atoms with Gasteiger partial charge in [-0.2, -0.15) is 0 Å². The third kappa shape index (κ3) is 4.53. The van der Waals surface area contributed by atoms with Crippen molar-refractivity contribution in [2.24, 2.45) is 11.8 Å². The Hall–Kier alpha value is -1.03. The second kappa shape index (κ2) is 6.94. The first-order valence-corrected chi connectivity index (χ1v) is 7.58. The van der Waals surface area contributed by atoms with Gasteiger partial charge in [0.2, 0.25) is 5.95 Å². The largest absolute Gasteiger partial charge is 0.356 e. The van der Waals surface area contributed by atoms with Crippen molar-refractivity contribution in [3.63, 3.8) is 0 Å². The van der Waals surface area contributed by atoms with Gasteiger partial charge >= 0.3 is 0 Å².